The Bertz CT molecular complexity index is 921. The van der Waals surface area contributed by atoms with Crippen molar-refractivity contribution in [3.63, 3.8) is 0 Å². The number of nitrogens with zero attached hydrogens (tertiary/aromatic N) is 2. The highest BCUT2D eigenvalue weighted by Gasteiger charge is 2.08. The second-order valence-corrected chi connectivity index (χ2v) is 7.46. The molecule has 0 aliphatic heterocycles. The molecular weight excluding hydrogens is 354 g/mol. The number of aryl methyl sites for hydroxylation is 3. The molecule has 0 spiro atoms. The summed E-state index contributed by atoms with van der Waals surface area (Å²) in [6.07, 6.45) is 1.02. The highest BCUT2D eigenvalue weighted by molar-refractivity contribution is 7.99. The number of anilines is 1. The van der Waals surface area contributed by atoms with Crippen molar-refractivity contribution in [2.24, 2.45) is 0 Å². The van der Waals surface area contributed by atoms with E-state index in [1.165, 1.54) is 22.9 Å². The summed E-state index contributed by atoms with van der Waals surface area (Å²) >= 11 is 1.38. The van der Waals surface area contributed by atoms with Gasteiger partial charge in [0.2, 0.25) is 5.91 Å². The van der Waals surface area contributed by atoms with E-state index in [0.29, 0.717) is 5.75 Å². The van der Waals surface area contributed by atoms with Gasteiger partial charge in [-0.25, -0.2) is 0 Å². The van der Waals surface area contributed by atoms with E-state index in [1.807, 2.05) is 38.1 Å². The minimum Gasteiger partial charge on any atom is -0.325 e. The van der Waals surface area contributed by atoms with Gasteiger partial charge < -0.3 is 5.32 Å². The number of benzene rings is 2. The Hall–Kier alpha value is -2.66. The number of hydrogen-bond acceptors (Lipinski definition) is 4. The lowest BCUT2D eigenvalue weighted by Gasteiger charge is -2.09. The summed E-state index contributed by atoms with van der Waals surface area (Å²) in [6, 6.07) is 18.2. The van der Waals surface area contributed by atoms with E-state index in [-0.39, 0.29) is 5.91 Å². The van der Waals surface area contributed by atoms with Crippen LogP contribution in [-0.4, -0.2) is 21.9 Å². The van der Waals surface area contributed by atoms with Gasteiger partial charge in [-0.1, -0.05) is 60.6 Å². The summed E-state index contributed by atoms with van der Waals surface area (Å²) in [5.74, 6) is 0.250. The molecule has 2 aromatic carbocycles. The molecule has 1 N–H and O–H groups in total. The van der Waals surface area contributed by atoms with Crippen molar-refractivity contribution in [2.75, 3.05) is 11.1 Å². The van der Waals surface area contributed by atoms with E-state index in [4.69, 9.17) is 0 Å². The molecule has 3 rings (SSSR count). The fraction of sp³-hybridized carbons (Fsp3) is 0.227. The summed E-state index contributed by atoms with van der Waals surface area (Å²) < 4.78 is 0. The van der Waals surface area contributed by atoms with Crippen LogP contribution in [0.15, 0.2) is 59.6 Å². The van der Waals surface area contributed by atoms with Gasteiger partial charge in [0, 0.05) is 11.3 Å². The Morgan fingerprint density at radius 2 is 1.78 bits per heavy atom. The van der Waals surface area contributed by atoms with Gasteiger partial charge in [0.25, 0.3) is 0 Å². The zero-order chi connectivity index (χ0) is 19.2. The van der Waals surface area contributed by atoms with E-state index in [2.05, 4.69) is 52.8 Å². The number of nitrogens with one attached hydrogen (secondary N) is 1. The van der Waals surface area contributed by atoms with E-state index in [9.17, 15) is 4.79 Å². The Labute approximate surface area is 164 Å². The topological polar surface area (TPSA) is 54.9 Å². The maximum atomic E-state index is 12.2. The smallest absolute Gasteiger partial charge is 0.234 e. The summed E-state index contributed by atoms with van der Waals surface area (Å²) in [5.41, 5.74) is 6.27. The molecule has 0 aliphatic carbocycles. The normalized spacial score (nSPS) is 10.6. The van der Waals surface area contributed by atoms with E-state index < -0.39 is 0 Å². The molecule has 0 saturated carbocycles. The van der Waals surface area contributed by atoms with Crippen molar-refractivity contribution in [1.29, 1.82) is 0 Å². The van der Waals surface area contributed by atoms with Crippen LogP contribution in [0.5, 0.6) is 0 Å². The van der Waals surface area contributed by atoms with Crippen molar-refractivity contribution in [3.8, 4) is 11.3 Å². The van der Waals surface area contributed by atoms with Crippen LogP contribution < -0.4 is 5.32 Å². The number of aromatic nitrogens is 2. The van der Waals surface area contributed by atoms with Crippen LogP contribution in [0.2, 0.25) is 0 Å². The van der Waals surface area contributed by atoms with Crippen LogP contribution >= 0.6 is 11.8 Å². The lowest BCUT2D eigenvalue weighted by atomic mass is 10.1. The minimum absolute atomic E-state index is 0.0482. The van der Waals surface area contributed by atoms with Gasteiger partial charge in [-0.15, -0.1) is 10.2 Å². The van der Waals surface area contributed by atoms with Gasteiger partial charge >= 0.3 is 0 Å². The number of carbonyl (C=O) groups excluding carboxylic acids is 1. The third-order valence-corrected chi connectivity index (χ3v) is 5.23. The molecule has 0 aliphatic rings. The van der Waals surface area contributed by atoms with Crippen LogP contribution in [-0.2, 0) is 11.2 Å². The molecule has 138 valence electrons. The average Bonchev–Trinajstić information content (AvgIpc) is 2.69. The maximum Gasteiger partial charge on any atom is 0.234 e. The summed E-state index contributed by atoms with van der Waals surface area (Å²) in [6.45, 7) is 6.17. The molecule has 0 atom stereocenters. The molecule has 3 aromatic rings. The standard InChI is InChI=1S/C22H23N3OS/c1-4-17-6-8-18(9-7-17)20-11-12-22(25-24-20)27-14-21(26)23-19-10-5-15(2)13-16(19)3/h5-13H,4,14H2,1-3H3,(H,23,26). The second-order valence-electron chi connectivity index (χ2n) is 6.46. The van der Waals surface area contributed by atoms with E-state index >= 15 is 0 Å². The first-order valence-electron chi connectivity index (χ1n) is 8.98. The molecule has 5 heteroatoms. The molecule has 0 radical (unpaired) electrons. The Morgan fingerprint density at radius 3 is 2.41 bits per heavy atom. The van der Waals surface area contributed by atoms with Gasteiger partial charge in [-0.05, 0) is 49.6 Å². The molecule has 4 nitrogen and oxygen atoms in total. The van der Waals surface area contributed by atoms with Crippen molar-refractivity contribution >= 4 is 23.4 Å². The molecule has 27 heavy (non-hydrogen) atoms. The zero-order valence-corrected chi connectivity index (χ0v) is 16.6. The van der Waals surface area contributed by atoms with Crippen molar-refractivity contribution in [2.45, 2.75) is 32.2 Å². The Kier molecular flexibility index (Phi) is 6.24. The van der Waals surface area contributed by atoms with Crippen molar-refractivity contribution < 1.29 is 4.79 Å². The summed E-state index contributed by atoms with van der Waals surface area (Å²) in [4.78, 5) is 12.2. The van der Waals surface area contributed by atoms with Gasteiger partial charge in [-0.2, -0.15) is 0 Å². The van der Waals surface area contributed by atoms with Crippen molar-refractivity contribution in [3.05, 3.63) is 71.3 Å². The van der Waals surface area contributed by atoms with Gasteiger partial charge in [-0.3, -0.25) is 4.79 Å². The van der Waals surface area contributed by atoms with Crippen molar-refractivity contribution in [1.82, 2.24) is 10.2 Å². The minimum atomic E-state index is -0.0482. The van der Waals surface area contributed by atoms with Crippen LogP contribution in [0.25, 0.3) is 11.3 Å². The quantitative estimate of drug-likeness (QED) is 0.611. The highest BCUT2D eigenvalue weighted by atomic mass is 32.2. The fourth-order valence-electron chi connectivity index (χ4n) is 2.74. The summed E-state index contributed by atoms with van der Waals surface area (Å²) in [7, 11) is 0. The predicted molar refractivity (Wildman–Crippen MR) is 112 cm³/mol. The first kappa shape index (κ1) is 19.1. The molecule has 0 unspecified atom stereocenters. The highest BCUT2D eigenvalue weighted by Crippen LogP contribution is 2.21. The monoisotopic (exact) mass is 377 g/mol. The maximum absolute atomic E-state index is 12.2. The first-order valence-corrected chi connectivity index (χ1v) is 9.96. The van der Waals surface area contributed by atoms with Gasteiger partial charge in [0.1, 0.15) is 5.03 Å². The SMILES string of the molecule is CCc1ccc(-c2ccc(SCC(=O)Nc3ccc(C)cc3C)nn2)cc1. The third-order valence-electron chi connectivity index (χ3n) is 4.31. The third kappa shape index (κ3) is 5.17. The Balaban J connectivity index is 1.57. The molecule has 1 amide bonds. The zero-order valence-electron chi connectivity index (χ0n) is 15.8. The van der Waals surface area contributed by atoms with Crippen LogP contribution in [0.1, 0.15) is 23.6 Å². The molecular formula is C22H23N3OS. The van der Waals surface area contributed by atoms with Gasteiger partial charge in [0.05, 0.1) is 11.4 Å². The predicted octanol–water partition coefficient (Wildman–Crippen LogP) is 5.05. The average molecular weight is 378 g/mol. The number of rotatable bonds is 6. The van der Waals surface area contributed by atoms with E-state index in [1.54, 1.807) is 0 Å². The van der Waals surface area contributed by atoms with Gasteiger partial charge in [0.15, 0.2) is 0 Å². The largest absolute Gasteiger partial charge is 0.325 e. The first-order chi connectivity index (χ1) is 13.0. The number of amides is 1. The Morgan fingerprint density at radius 1 is 1.00 bits per heavy atom. The number of hydrogen-bond donors (Lipinski definition) is 1. The number of carbonyl (C=O) groups is 1. The summed E-state index contributed by atoms with van der Waals surface area (Å²) in [5, 5.41) is 12.2. The molecule has 1 heterocycles. The van der Waals surface area contributed by atoms with E-state index in [0.717, 1.165) is 34.0 Å². The molecule has 0 saturated heterocycles. The lowest BCUT2D eigenvalue weighted by molar-refractivity contribution is -0.113. The molecule has 0 bridgehead atoms. The second kappa shape index (κ2) is 8.82. The van der Waals surface area contributed by atoms with Crippen LogP contribution in [0.4, 0.5) is 5.69 Å². The molecule has 1 aromatic heterocycles. The van der Waals surface area contributed by atoms with Crippen LogP contribution in [0.3, 0.4) is 0 Å². The van der Waals surface area contributed by atoms with Crippen LogP contribution in [0, 0.1) is 13.8 Å². The lowest BCUT2D eigenvalue weighted by Crippen LogP contribution is -2.15. The number of thioether (sulfide) groups is 1. The molecule has 0 fully saturated rings. The fourth-order valence-corrected chi connectivity index (χ4v) is 3.36.